The number of hydrogen-bond donors (Lipinski definition) is 1. The van der Waals surface area contributed by atoms with Crippen LogP contribution in [0.1, 0.15) is 18.4 Å². The van der Waals surface area contributed by atoms with Crippen molar-refractivity contribution in [3.63, 3.8) is 0 Å². The summed E-state index contributed by atoms with van der Waals surface area (Å²) in [6, 6.07) is 6.91. The first-order valence-electron chi connectivity index (χ1n) is 5.84. The van der Waals surface area contributed by atoms with E-state index in [4.69, 9.17) is 0 Å². The Morgan fingerprint density at radius 2 is 1.94 bits per heavy atom. The molecule has 5 heteroatoms. The zero-order valence-electron chi connectivity index (χ0n) is 9.85. The predicted molar refractivity (Wildman–Crippen MR) is 62.9 cm³/mol. The number of benzene rings is 1. The van der Waals surface area contributed by atoms with Crippen molar-refractivity contribution in [3.8, 4) is 0 Å². The molecule has 0 radical (unpaired) electrons. The second kappa shape index (κ2) is 4.76. The molecule has 2 saturated heterocycles. The summed E-state index contributed by atoms with van der Waals surface area (Å²) in [5.74, 6) is 0. The van der Waals surface area contributed by atoms with Gasteiger partial charge in [-0.25, -0.2) is 8.42 Å². The zero-order valence-corrected chi connectivity index (χ0v) is 10.7. The van der Waals surface area contributed by atoms with E-state index in [1.807, 2.05) is 11.8 Å². The molecule has 2 unspecified atom stereocenters. The second-order valence-electron chi connectivity index (χ2n) is 4.72. The summed E-state index contributed by atoms with van der Waals surface area (Å²) in [7, 11) is -4.27. The molecule has 2 aliphatic heterocycles. The van der Waals surface area contributed by atoms with Gasteiger partial charge in [-0.2, -0.15) is 0 Å². The molecule has 2 fully saturated rings. The maximum atomic E-state index is 10.4. The minimum atomic E-state index is -4.27. The fraction of sp³-hybridized carbons (Fsp3) is 0.500. The van der Waals surface area contributed by atoms with Gasteiger partial charge < -0.3 is 9.45 Å². The third kappa shape index (κ3) is 3.52. The van der Waals surface area contributed by atoms with Gasteiger partial charge in [0.1, 0.15) is 22.7 Å². The van der Waals surface area contributed by atoms with E-state index in [-0.39, 0.29) is 4.90 Å². The molecule has 1 aromatic rings. The highest BCUT2D eigenvalue weighted by Crippen LogP contribution is 2.08. The van der Waals surface area contributed by atoms with E-state index in [1.54, 1.807) is 12.1 Å². The van der Waals surface area contributed by atoms with Gasteiger partial charge in [0.25, 0.3) is 0 Å². The summed E-state index contributed by atoms with van der Waals surface area (Å²) in [6.45, 7) is 4.80. The molecular weight excluding hydrogens is 238 g/mol. The molecule has 1 N–H and O–H groups in total. The topological polar surface area (TPSA) is 61.6 Å². The first kappa shape index (κ1) is 12.5. The molecule has 0 amide bonds. The molecule has 0 saturated carbocycles. The highest BCUT2D eigenvalue weighted by Gasteiger charge is 2.43. The molecule has 94 valence electrons. The maximum Gasteiger partial charge on any atom is 0.137 e. The van der Waals surface area contributed by atoms with Gasteiger partial charge in [-0.15, -0.1) is 0 Å². The van der Waals surface area contributed by atoms with E-state index in [0.29, 0.717) is 0 Å². The van der Waals surface area contributed by atoms with Gasteiger partial charge in [0.15, 0.2) is 0 Å². The van der Waals surface area contributed by atoms with Gasteiger partial charge >= 0.3 is 0 Å². The first-order valence-corrected chi connectivity index (χ1v) is 7.25. The molecule has 4 nitrogen and oxygen atoms in total. The molecule has 0 spiro atoms. The molecule has 2 heterocycles. The van der Waals surface area contributed by atoms with Crippen LogP contribution in [0.15, 0.2) is 29.2 Å². The zero-order chi connectivity index (χ0) is 12.5. The van der Waals surface area contributed by atoms with Crippen LogP contribution in [0.25, 0.3) is 0 Å². The minimum Gasteiger partial charge on any atom is -0.744 e. The Labute approximate surface area is 102 Å². The number of quaternary nitrogens is 1. The van der Waals surface area contributed by atoms with Crippen LogP contribution in [-0.2, 0) is 10.1 Å². The molecule has 0 aliphatic carbocycles. The lowest BCUT2D eigenvalue weighted by atomic mass is 10.2. The Balaban J connectivity index is 0.000000148. The monoisotopic (exact) mass is 255 g/mol. The largest absolute Gasteiger partial charge is 0.744 e. The lowest BCUT2D eigenvalue weighted by molar-refractivity contribution is -0.762. The Bertz CT molecular complexity index is 473. The van der Waals surface area contributed by atoms with Crippen molar-refractivity contribution in [2.75, 3.05) is 13.1 Å². The van der Waals surface area contributed by atoms with E-state index < -0.39 is 10.1 Å². The number of hydrogen-bond acceptors (Lipinski definition) is 3. The number of aryl methyl sites for hydroxylation is 1. The van der Waals surface area contributed by atoms with Crippen molar-refractivity contribution in [1.82, 2.24) is 0 Å². The summed E-state index contributed by atoms with van der Waals surface area (Å²) in [5, 5.41) is 0. The quantitative estimate of drug-likeness (QED) is 0.565. The minimum absolute atomic E-state index is 0.178. The Morgan fingerprint density at radius 3 is 2.24 bits per heavy atom. The Kier molecular flexibility index (Phi) is 3.51. The van der Waals surface area contributed by atoms with Crippen molar-refractivity contribution in [1.29, 1.82) is 0 Å². The van der Waals surface area contributed by atoms with Crippen LogP contribution in [0.5, 0.6) is 0 Å². The lowest BCUT2D eigenvalue weighted by Crippen LogP contribution is -2.92. The van der Waals surface area contributed by atoms with Crippen LogP contribution in [0.2, 0.25) is 0 Å². The van der Waals surface area contributed by atoms with E-state index in [2.05, 4.69) is 0 Å². The maximum absolute atomic E-state index is 10.4. The van der Waals surface area contributed by atoms with Crippen LogP contribution in [-0.4, -0.2) is 32.1 Å². The Morgan fingerprint density at radius 1 is 1.29 bits per heavy atom. The molecule has 2 aliphatic rings. The van der Waals surface area contributed by atoms with Gasteiger partial charge in [-0.3, -0.25) is 0 Å². The summed E-state index contributed by atoms with van der Waals surface area (Å²) in [4.78, 5) is 1.69. The summed E-state index contributed by atoms with van der Waals surface area (Å²) >= 11 is 0. The van der Waals surface area contributed by atoms with Gasteiger partial charge in [-0.1, -0.05) is 17.7 Å². The van der Waals surface area contributed by atoms with E-state index >= 15 is 0 Å². The number of rotatable bonds is 1. The molecule has 0 aromatic heterocycles. The van der Waals surface area contributed by atoms with Crippen molar-refractivity contribution in [3.05, 3.63) is 29.8 Å². The van der Waals surface area contributed by atoms with Crippen LogP contribution in [0, 0.1) is 6.92 Å². The van der Waals surface area contributed by atoms with E-state index in [9.17, 15) is 13.0 Å². The summed E-state index contributed by atoms with van der Waals surface area (Å²) in [6.07, 6.45) is 3.02. The molecule has 3 rings (SSSR count). The standard InChI is InChI=1S/C7H8O3S.C5H9N/c1-6-2-4-7(5-3-6)11(8,9)10;1-2-5-4-6(5)3-1/h2-5H,1H3,(H,8,9,10);5H,1-4H2. The summed E-state index contributed by atoms with van der Waals surface area (Å²) in [5.41, 5.74) is 0.928. The fourth-order valence-electron chi connectivity index (χ4n) is 2.15. The van der Waals surface area contributed by atoms with Gasteiger partial charge in [0, 0.05) is 12.8 Å². The molecule has 17 heavy (non-hydrogen) atoms. The highest BCUT2D eigenvalue weighted by atomic mass is 32.2. The molecule has 1 aromatic carbocycles. The average Bonchev–Trinajstić information content (AvgIpc) is 2.86. The number of piperidine rings is 1. The molecule has 0 bridgehead atoms. The van der Waals surface area contributed by atoms with E-state index in [0.717, 1.165) is 11.6 Å². The number of fused-ring (bicyclic) bond motifs is 1. The highest BCUT2D eigenvalue weighted by molar-refractivity contribution is 7.85. The van der Waals surface area contributed by atoms with Crippen LogP contribution in [0.3, 0.4) is 0 Å². The van der Waals surface area contributed by atoms with Gasteiger partial charge in [0.05, 0.1) is 11.4 Å². The van der Waals surface area contributed by atoms with Crippen LogP contribution < -0.4 is 4.90 Å². The van der Waals surface area contributed by atoms with Crippen LogP contribution in [0.4, 0.5) is 0 Å². The summed E-state index contributed by atoms with van der Waals surface area (Å²) < 4.78 is 31.2. The lowest BCUT2D eigenvalue weighted by Gasteiger charge is -2.05. The molecular formula is C12H17NO3S. The van der Waals surface area contributed by atoms with Crippen molar-refractivity contribution >= 4 is 10.1 Å². The normalized spacial score (nSPS) is 25.8. The van der Waals surface area contributed by atoms with Gasteiger partial charge in [-0.05, 0) is 19.1 Å². The van der Waals surface area contributed by atoms with Crippen molar-refractivity contribution in [2.24, 2.45) is 0 Å². The van der Waals surface area contributed by atoms with Crippen molar-refractivity contribution < 1.29 is 17.9 Å². The van der Waals surface area contributed by atoms with Crippen molar-refractivity contribution in [2.45, 2.75) is 30.7 Å². The Hall–Kier alpha value is -0.910. The second-order valence-corrected chi connectivity index (χ2v) is 6.10. The third-order valence-corrected chi connectivity index (χ3v) is 4.14. The SMILES string of the molecule is C1CC2C[NH+]2C1.Cc1ccc(S(=O)(=O)[O-])cc1. The van der Waals surface area contributed by atoms with E-state index in [1.165, 1.54) is 38.1 Å². The smallest absolute Gasteiger partial charge is 0.137 e. The third-order valence-electron chi connectivity index (χ3n) is 3.29. The fourth-order valence-corrected chi connectivity index (χ4v) is 2.62. The van der Waals surface area contributed by atoms with Gasteiger partial charge in [0.2, 0.25) is 0 Å². The first-order chi connectivity index (χ1) is 7.97. The predicted octanol–water partition coefficient (Wildman–Crippen LogP) is -0.0536. The molecule has 2 atom stereocenters. The average molecular weight is 255 g/mol. The number of nitrogens with one attached hydrogen (secondary N) is 1. The van der Waals surface area contributed by atoms with Crippen LogP contribution >= 0.6 is 0 Å².